The topological polar surface area (TPSA) is 66.4 Å². The van der Waals surface area contributed by atoms with Crippen LogP contribution in [0.5, 0.6) is 0 Å². The van der Waals surface area contributed by atoms with Crippen molar-refractivity contribution in [3.05, 3.63) is 0 Å². The summed E-state index contributed by atoms with van der Waals surface area (Å²) >= 11 is 6.19. The van der Waals surface area contributed by atoms with Crippen LogP contribution in [0.4, 0.5) is 0 Å². The maximum atomic E-state index is 10.2. The number of nitrogens with one attached hydrogen (secondary N) is 1. The SMILES string of the molecule is CSC(=S)NCCCS(=O)(=O)O.[H-].[K+]. The van der Waals surface area contributed by atoms with E-state index in [0.717, 1.165) is 0 Å². The van der Waals surface area contributed by atoms with Crippen molar-refractivity contribution in [1.29, 1.82) is 0 Å². The van der Waals surface area contributed by atoms with Crippen molar-refractivity contribution in [2.75, 3.05) is 18.6 Å². The van der Waals surface area contributed by atoms with Gasteiger partial charge in [-0.1, -0.05) is 12.2 Å². The van der Waals surface area contributed by atoms with Crippen molar-refractivity contribution in [1.82, 2.24) is 5.32 Å². The van der Waals surface area contributed by atoms with Crippen LogP contribution in [0.1, 0.15) is 7.85 Å². The van der Waals surface area contributed by atoms with E-state index in [-0.39, 0.29) is 58.6 Å². The Morgan fingerprint density at radius 1 is 1.69 bits per heavy atom. The van der Waals surface area contributed by atoms with Gasteiger partial charge in [-0.2, -0.15) is 8.42 Å². The van der Waals surface area contributed by atoms with E-state index in [1.807, 2.05) is 6.26 Å². The Bertz CT molecular complexity index is 247. The molecule has 0 aliphatic heterocycles. The van der Waals surface area contributed by atoms with Gasteiger partial charge in [0.05, 0.1) is 5.75 Å². The Kier molecular flexibility index (Phi) is 12.0. The third-order valence-electron chi connectivity index (χ3n) is 1.03. The summed E-state index contributed by atoms with van der Waals surface area (Å²) in [5, 5.41) is 2.82. The molecule has 0 radical (unpaired) electrons. The molecule has 0 rings (SSSR count). The molecule has 0 atom stereocenters. The number of rotatable bonds is 4. The summed E-state index contributed by atoms with van der Waals surface area (Å²) < 4.78 is 29.4. The fraction of sp³-hybridized carbons (Fsp3) is 0.800. The van der Waals surface area contributed by atoms with Gasteiger partial charge >= 0.3 is 51.4 Å². The molecule has 0 spiro atoms. The molecule has 0 aliphatic carbocycles. The molecule has 0 aromatic carbocycles. The van der Waals surface area contributed by atoms with E-state index in [4.69, 9.17) is 16.8 Å². The minimum atomic E-state index is -3.82. The van der Waals surface area contributed by atoms with Crippen LogP contribution in [0.15, 0.2) is 0 Å². The Hall–Kier alpha value is 1.79. The van der Waals surface area contributed by atoms with Gasteiger partial charge in [0.2, 0.25) is 0 Å². The molecule has 4 nitrogen and oxygen atoms in total. The Balaban J connectivity index is -0.000000605. The smallest absolute Gasteiger partial charge is 1.00 e. The largest absolute Gasteiger partial charge is 1.00 e. The zero-order valence-electron chi connectivity index (χ0n) is 8.61. The van der Waals surface area contributed by atoms with Gasteiger partial charge in [0, 0.05) is 6.54 Å². The van der Waals surface area contributed by atoms with Gasteiger partial charge in [-0.05, 0) is 12.7 Å². The van der Waals surface area contributed by atoms with Gasteiger partial charge in [-0.25, -0.2) is 0 Å². The monoisotopic (exact) mass is 269 g/mol. The van der Waals surface area contributed by atoms with Crippen molar-refractivity contribution < 1.29 is 65.8 Å². The van der Waals surface area contributed by atoms with Crippen molar-refractivity contribution in [2.24, 2.45) is 0 Å². The fourth-order valence-electron chi connectivity index (χ4n) is 0.517. The van der Waals surface area contributed by atoms with E-state index in [9.17, 15) is 8.42 Å². The van der Waals surface area contributed by atoms with E-state index in [1.165, 1.54) is 11.8 Å². The minimum absolute atomic E-state index is 0. The van der Waals surface area contributed by atoms with E-state index >= 15 is 0 Å². The van der Waals surface area contributed by atoms with E-state index in [1.54, 1.807) is 0 Å². The quantitative estimate of drug-likeness (QED) is 0.257. The molecule has 13 heavy (non-hydrogen) atoms. The molecular weight excluding hydrogens is 257 g/mol. The van der Waals surface area contributed by atoms with Crippen molar-refractivity contribution in [2.45, 2.75) is 6.42 Å². The van der Waals surface area contributed by atoms with Crippen LogP contribution < -0.4 is 56.7 Å². The summed E-state index contributed by atoms with van der Waals surface area (Å²) in [5.41, 5.74) is 0. The molecule has 0 aromatic heterocycles. The summed E-state index contributed by atoms with van der Waals surface area (Å²) in [4.78, 5) is 0. The summed E-state index contributed by atoms with van der Waals surface area (Å²) in [5.74, 6) is -0.225. The number of thioether (sulfide) groups is 1. The van der Waals surface area contributed by atoms with E-state index < -0.39 is 10.1 Å². The van der Waals surface area contributed by atoms with Gasteiger partial charge in [-0.15, -0.1) is 11.8 Å². The molecule has 0 heterocycles. The second kappa shape index (κ2) is 9.04. The van der Waals surface area contributed by atoms with Crippen molar-refractivity contribution >= 4 is 38.4 Å². The summed E-state index contributed by atoms with van der Waals surface area (Å²) in [6.45, 7) is 0.472. The summed E-state index contributed by atoms with van der Waals surface area (Å²) in [6, 6.07) is 0. The fourth-order valence-corrected chi connectivity index (χ4v) is 1.37. The number of hydrogen-bond donors (Lipinski definition) is 2. The molecule has 2 N–H and O–H groups in total. The first-order valence-corrected chi connectivity index (χ1v) is 6.47. The first-order valence-electron chi connectivity index (χ1n) is 3.22. The van der Waals surface area contributed by atoms with Gasteiger partial charge < -0.3 is 6.74 Å². The zero-order chi connectivity index (χ0) is 9.61. The van der Waals surface area contributed by atoms with Crippen LogP contribution in [0.2, 0.25) is 0 Å². The predicted molar refractivity (Wildman–Crippen MR) is 56.3 cm³/mol. The van der Waals surface area contributed by atoms with Crippen LogP contribution >= 0.6 is 24.0 Å². The van der Waals surface area contributed by atoms with Crippen LogP contribution in [0, 0.1) is 0 Å². The Morgan fingerprint density at radius 3 is 2.62 bits per heavy atom. The molecule has 8 heteroatoms. The molecule has 0 saturated carbocycles. The maximum Gasteiger partial charge on any atom is 1.00 e. The Morgan fingerprint density at radius 2 is 2.23 bits per heavy atom. The van der Waals surface area contributed by atoms with Gasteiger partial charge in [-0.3, -0.25) is 4.55 Å². The van der Waals surface area contributed by atoms with Gasteiger partial charge in [0.25, 0.3) is 10.1 Å². The van der Waals surface area contributed by atoms with Crippen LogP contribution in [0.3, 0.4) is 0 Å². The maximum absolute atomic E-state index is 10.2. The average Bonchev–Trinajstić information content (AvgIpc) is 1.96. The van der Waals surface area contributed by atoms with Crippen LogP contribution in [-0.2, 0) is 10.1 Å². The minimum Gasteiger partial charge on any atom is -1.00 e. The van der Waals surface area contributed by atoms with Crippen molar-refractivity contribution in [3.63, 3.8) is 0 Å². The Labute approximate surface area is 132 Å². The van der Waals surface area contributed by atoms with E-state index in [2.05, 4.69) is 5.32 Å². The third kappa shape index (κ3) is 13.8. The first-order chi connectivity index (χ1) is 5.45. The second-order valence-electron chi connectivity index (χ2n) is 2.06. The van der Waals surface area contributed by atoms with Gasteiger partial charge in [0.15, 0.2) is 0 Å². The predicted octanol–water partition coefficient (Wildman–Crippen LogP) is -2.38. The molecule has 0 saturated heterocycles. The van der Waals surface area contributed by atoms with Gasteiger partial charge in [0.1, 0.15) is 4.32 Å². The summed E-state index contributed by atoms with van der Waals surface area (Å²) in [6.07, 6.45) is 2.19. The zero-order valence-corrected chi connectivity index (χ0v) is 13.2. The van der Waals surface area contributed by atoms with E-state index in [0.29, 0.717) is 17.3 Å². The molecule has 0 bridgehead atoms. The molecule has 74 valence electrons. The van der Waals surface area contributed by atoms with Crippen LogP contribution in [0.25, 0.3) is 0 Å². The summed E-state index contributed by atoms with van der Waals surface area (Å²) in [7, 11) is -3.82. The van der Waals surface area contributed by atoms with Crippen LogP contribution in [-0.4, -0.2) is 35.8 Å². The normalized spacial score (nSPS) is 10.3. The molecule has 0 aromatic rings. The van der Waals surface area contributed by atoms with Crippen molar-refractivity contribution in [3.8, 4) is 0 Å². The molecule has 0 amide bonds. The number of hydrogen-bond acceptors (Lipinski definition) is 4. The number of thiocarbonyl (C=S) groups is 1. The third-order valence-corrected chi connectivity index (χ3v) is 3.00. The molecular formula is C5H12KNO3S3. The standard InChI is InChI=1S/C5H11NO3S3.K.H/c1-11-5(10)6-3-2-4-12(7,8)9;;/h2-4H2,1H3,(H,6,10)(H,7,8,9);;/q;+1;-1. The first kappa shape index (κ1) is 17.2. The second-order valence-corrected chi connectivity index (χ2v) is 5.11. The molecule has 0 fully saturated rings. The molecule has 0 unspecified atom stereocenters. The molecule has 0 aliphatic rings. The average molecular weight is 269 g/mol.